The summed E-state index contributed by atoms with van der Waals surface area (Å²) in [5.41, 5.74) is 0.492. The molecule has 0 rings (SSSR count). The van der Waals surface area contributed by atoms with Gasteiger partial charge in [-0.3, -0.25) is 0 Å². The third-order valence-corrected chi connectivity index (χ3v) is 1.53. The van der Waals surface area contributed by atoms with Gasteiger partial charge in [-0.15, -0.1) is 0 Å². The van der Waals surface area contributed by atoms with Gasteiger partial charge in [-0.05, 0) is 5.41 Å². The van der Waals surface area contributed by atoms with Crippen LogP contribution >= 0.6 is 0 Å². The van der Waals surface area contributed by atoms with Crippen LogP contribution in [0.1, 0.15) is 27.2 Å². The van der Waals surface area contributed by atoms with E-state index in [-0.39, 0.29) is 0 Å². The Morgan fingerprint density at radius 3 is 1.50 bits per heavy atom. The van der Waals surface area contributed by atoms with Crippen LogP contribution in [0.2, 0.25) is 0 Å². The predicted molar refractivity (Wildman–Crippen MR) is 47.0 cm³/mol. The molecule has 0 aromatic rings. The molecule has 0 aromatic heterocycles. The van der Waals surface area contributed by atoms with Gasteiger partial charge >= 0.3 is 0 Å². The molecule has 1 nitrogen and oxygen atoms in total. The molecule has 0 atom stereocenters. The van der Waals surface area contributed by atoms with E-state index in [0.29, 0.717) is 5.41 Å². The van der Waals surface area contributed by atoms with Crippen LogP contribution in [-0.4, -0.2) is 32.2 Å². The highest BCUT2D eigenvalue weighted by Crippen LogP contribution is 2.19. The van der Waals surface area contributed by atoms with E-state index in [2.05, 4.69) is 41.9 Å². The fraction of sp³-hybridized carbons (Fsp3) is 1.00. The van der Waals surface area contributed by atoms with E-state index in [1.165, 1.54) is 13.0 Å². The summed E-state index contributed by atoms with van der Waals surface area (Å²) in [6.07, 6.45) is 1.30. The topological polar surface area (TPSA) is 0 Å². The maximum absolute atomic E-state index is 2.29. The van der Waals surface area contributed by atoms with E-state index in [4.69, 9.17) is 0 Å². The minimum atomic E-state index is 0.492. The average molecular weight is 144 g/mol. The fourth-order valence-corrected chi connectivity index (χ4v) is 0.671. The second-order valence-corrected chi connectivity index (χ2v) is 5.32. The predicted octanol–water partition coefficient (Wildman–Crippen LogP) is 2.13. The second kappa shape index (κ2) is 2.91. The van der Waals surface area contributed by atoms with Crippen molar-refractivity contribution in [3.63, 3.8) is 0 Å². The summed E-state index contributed by atoms with van der Waals surface area (Å²) in [4.78, 5) is 0. The van der Waals surface area contributed by atoms with Crippen LogP contribution in [-0.2, 0) is 0 Å². The van der Waals surface area contributed by atoms with Crippen molar-refractivity contribution in [2.24, 2.45) is 5.41 Å². The summed E-state index contributed by atoms with van der Waals surface area (Å²) in [6.45, 7) is 8.15. The van der Waals surface area contributed by atoms with Crippen molar-refractivity contribution in [3.8, 4) is 0 Å². The van der Waals surface area contributed by atoms with Gasteiger partial charge < -0.3 is 4.48 Å². The Kier molecular flexibility index (Phi) is 2.90. The molecular formula is C9H22N+. The zero-order valence-corrected chi connectivity index (χ0v) is 8.36. The Hall–Kier alpha value is -0.0400. The van der Waals surface area contributed by atoms with Crippen molar-refractivity contribution in [2.45, 2.75) is 27.2 Å². The molecule has 0 aliphatic heterocycles. The lowest BCUT2D eigenvalue weighted by molar-refractivity contribution is -0.871. The van der Waals surface area contributed by atoms with Gasteiger partial charge in [0.15, 0.2) is 0 Å². The Labute approximate surface area is 65.6 Å². The van der Waals surface area contributed by atoms with Crippen LogP contribution in [0.25, 0.3) is 0 Å². The van der Waals surface area contributed by atoms with Crippen LogP contribution < -0.4 is 0 Å². The first-order chi connectivity index (χ1) is 4.21. The molecule has 0 bridgehead atoms. The van der Waals surface area contributed by atoms with Crippen LogP contribution in [0, 0.1) is 5.41 Å². The van der Waals surface area contributed by atoms with Gasteiger partial charge in [0.05, 0.1) is 27.7 Å². The van der Waals surface area contributed by atoms with E-state index < -0.39 is 0 Å². The minimum absolute atomic E-state index is 0.492. The highest BCUT2D eigenvalue weighted by Gasteiger charge is 2.15. The van der Waals surface area contributed by atoms with Crippen molar-refractivity contribution in [1.29, 1.82) is 0 Å². The van der Waals surface area contributed by atoms with Gasteiger partial charge in [0.25, 0.3) is 0 Å². The number of nitrogens with zero attached hydrogens (tertiary/aromatic N) is 1. The normalized spacial score (nSPS) is 13.8. The molecule has 10 heavy (non-hydrogen) atoms. The summed E-state index contributed by atoms with van der Waals surface area (Å²) in [6, 6.07) is 0. The van der Waals surface area contributed by atoms with E-state index in [1.54, 1.807) is 0 Å². The summed E-state index contributed by atoms with van der Waals surface area (Å²) < 4.78 is 1.08. The van der Waals surface area contributed by atoms with E-state index in [0.717, 1.165) is 4.48 Å². The SMILES string of the molecule is CC(C)(C)CC[N+](C)(C)C. The molecule has 0 fully saturated rings. The fourth-order valence-electron chi connectivity index (χ4n) is 0.671. The summed E-state index contributed by atoms with van der Waals surface area (Å²) in [5, 5.41) is 0. The monoisotopic (exact) mass is 144 g/mol. The van der Waals surface area contributed by atoms with Crippen LogP contribution in [0.15, 0.2) is 0 Å². The number of rotatable bonds is 2. The van der Waals surface area contributed by atoms with Crippen molar-refractivity contribution in [2.75, 3.05) is 27.7 Å². The van der Waals surface area contributed by atoms with Gasteiger partial charge in [0.1, 0.15) is 0 Å². The minimum Gasteiger partial charge on any atom is -0.331 e. The standard InChI is InChI=1S/C9H22N/c1-9(2,3)7-8-10(4,5)6/h7-8H2,1-6H3/q+1. The zero-order chi connectivity index (χ0) is 8.41. The molecule has 0 aliphatic carbocycles. The first kappa shape index (κ1) is 9.96. The molecule has 0 saturated carbocycles. The van der Waals surface area contributed by atoms with Crippen molar-refractivity contribution >= 4 is 0 Å². The van der Waals surface area contributed by atoms with Crippen LogP contribution in [0.5, 0.6) is 0 Å². The lowest BCUT2D eigenvalue weighted by Crippen LogP contribution is -2.37. The molecular weight excluding hydrogens is 122 g/mol. The molecule has 0 aliphatic rings. The molecule has 1 heteroatoms. The molecule has 0 N–H and O–H groups in total. The highest BCUT2D eigenvalue weighted by molar-refractivity contribution is 4.59. The maximum Gasteiger partial charge on any atom is 0.0785 e. The molecule has 0 aromatic carbocycles. The molecule has 0 amide bonds. The van der Waals surface area contributed by atoms with E-state index in [9.17, 15) is 0 Å². The smallest absolute Gasteiger partial charge is 0.0785 e. The molecule has 0 spiro atoms. The first-order valence-electron chi connectivity index (χ1n) is 4.01. The molecule has 0 saturated heterocycles. The summed E-state index contributed by atoms with van der Waals surface area (Å²) >= 11 is 0. The van der Waals surface area contributed by atoms with Gasteiger partial charge in [-0.2, -0.15) is 0 Å². The van der Waals surface area contributed by atoms with Gasteiger partial charge in [0, 0.05) is 6.42 Å². The van der Waals surface area contributed by atoms with Crippen molar-refractivity contribution < 1.29 is 4.48 Å². The molecule has 62 valence electrons. The molecule has 0 unspecified atom stereocenters. The molecule has 0 heterocycles. The Morgan fingerprint density at radius 2 is 1.40 bits per heavy atom. The van der Waals surface area contributed by atoms with Crippen molar-refractivity contribution in [1.82, 2.24) is 0 Å². The van der Waals surface area contributed by atoms with Crippen LogP contribution in [0.4, 0.5) is 0 Å². The van der Waals surface area contributed by atoms with Gasteiger partial charge in [-0.25, -0.2) is 0 Å². The lowest BCUT2D eigenvalue weighted by Gasteiger charge is -2.28. The Balaban J connectivity index is 3.56. The average Bonchev–Trinajstić information content (AvgIpc) is 1.57. The summed E-state index contributed by atoms with van der Waals surface area (Å²) in [5.74, 6) is 0. The number of hydrogen-bond donors (Lipinski definition) is 0. The highest BCUT2D eigenvalue weighted by atomic mass is 15.3. The zero-order valence-electron chi connectivity index (χ0n) is 8.36. The van der Waals surface area contributed by atoms with E-state index >= 15 is 0 Å². The number of quaternary nitrogens is 1. The maximum atomic E-state index is 2.29. The van der Waals surface area contributed by atoms with Crippen molar-refractivity contribution in [3.05, 3.63) is 0 Å². The van der Waals surface area contributed by atoms with Crippen LogP contribution in [0.3, 0.4) is 0 Å². The van der Waals surface area contributed by atoms with Gasteiger partial charge in [-0.1, -0.05) is 20.8 Å². The van der Waals surface area contributed by atoms with E-state index in [1.807, 2.05) is 0 Å². The third kappa shape index (κ3) is 7.96. The van der Waals surface area contributed by atoms with Gasteiger partial charge in [0.2, 0.25) is 0 Å². The summed E-state index contributed by atoms with van der Waals surface area (Å²) in [7, 11) is 6.73. The molecule has 0 radical (unpaired) electrons. The third-order valence-electron chi connectivity index (χ3n) is 1.53. The second-order valence-electron chi connectivity index (χ2n) is 5.32. The quantitative estimate of drug-likeness (QED) is 0.521. The number of hydrogen-bond acceptors (Lipinski definition) is 0. The Bertz CT molecular complexity index is 78.3. The largest absolute Gasteiger partial charge is 0.331 e. The lowest BCUT2D eigenvalue weighted by atomic mass is 9.92. The Morgan fingerprint density at radius 1 is 1.00 bits per heavy atom. The first-order valence-corrected chi connectivity index (χ1v) is 4.01.